The summed E-state index contributed by atoms with van der Waals surface area (Å²) in [5, 5.41) is 1.30. The number of aryl methyl sites for hydroxylation is 1. The summed E-state index contributed by atoms with van der Waals surface area (Å²) < 4.78 is 0. The van der Waals surface area contributed by atoms with Crippen LogP contribution in [0.15, 0.2) is 24.3 Å². The van der Waals surface area contributed by atoms with Gasteiger partial charge in [-0.3, -0.25) is 0 Å². The minimum absolute atomic E-state index is 0.558. The largest absolute Gasteiger partial charge is 0.359 e. The van der Waals surface area contributed by atoms with E-state index in [2.05, 4.69) is 43.1 Å². The molecule has 2 heteroatoms. The van der Waals surface area contributed by atoms with Crippen molar-refractivity contribution in [1.82, 2.24) is 4.98 Å². The van der Waals surface area contributed by atoms with E-state index < -0.39 is 0 Å². The summed E-state index contributed by atoms with van der Waals surface area (Å²) in [6, 6.07) is 8.78. The standard InChI is InChI=1S/C13H18N2/c1-9(8-14)5-11-3-4-13-12(7-11)6-10(2)15-13/h3-4,6-7,9,15H,5,8,14H2,1-2H3. The van der Waals surface area contributed by atoms with E-state index in [4.69, 9.17) is 5.73 Å². The van der Waals surface area contributed by atoms with Gasteiger partial charge in [0.15, 0.2) is 0 Å². The van der Waals surface area contributed by atoms with E-state index in [1.165, 1.54) is 22.2 Å². The van der Waals surface area contributed by atoms with Crippen LogP contribution in [0.4, 0.5) is 0 Å². The van der Waals surface area contributed by atoms with Gasteiger partial charge in [-0.2, -0.15) is 0 Å². The van der Waals surface area contributed by atoms with Crippen LogP contribution in [0.1, 0.15) is 18.2 Å². The van der Waals surface area contributed by atoms with Crippen LogP contribution in [0.3, 0.4) is 0 Å². The van der Waals surface area contributed by atoms with Crippen molar-refractivity contribution in [3.05, 3.63) is 35.5 Å². The summed E-state index contributed by atoms with van der Waals surface area (Å²) in [5.41, 5.74) is 9.44. The number of H-pyrrole nitrogens is 1. The first kappa shape index (κ1) is 10.2. The van der Waals surface area contributed by atoms with Gasteiger partial charge in [0, 0.05) is 11.2 Å². The molecule has 1 unspecified atom stereocenters. The van der Waals surface area contributed by atoms with Crippen LogP contribution in [0.2, 0.25) is 0 Å². The second kappa shape index (κ2) is 4.07. The van der Waals surface area contributed by atoms with Crippen LogP contribution < -0.4 is 5.73 Å². The Morgan fingerprint density at radius 3 is 2.87 bits per heavy atom. The maximum atomic E-state index is 5.63. The smallest absolute Gasteiger partial charge is 0.0456 e. The van der Waals surface area contributed by atoms with Crippen molar-refractivity contribution in [2.45, 2.75) is 20.3 Å². The second-order valence-electron chi connectivity index (χ2n) is 4.42. The van der Waals surface area contributed by atoms with Crippen LogP contribution in [0.5, 0.6) is 0 Å². The van der Waals surface area contributed by atoms with E-state index >= 15 is 0 Å². The summed E-state index contributed by atoms with van der Waals surface area (Å²) in [6.45, 7) is 5.03. The third kappa shape index (κ3) is 2.21. The fourth-order valence-corrected chi connectivity index (χ4v) is 1.94. The van der Waals surface area contributed by atoms with Gasteiger partial charge in [-0.15, -0.1) is 0 Å². The second-order valence-corrected chi connectivity index (χ2v) is 4.42. The van der Waals surface area contributed by atoms with Crippen molar-refractivity contribution < 1.29 is 0 Å². The Labute approximate surface area is 90.5 Å². The molecule has 0 aliphatic heterocycles. The molecule has 0 radical (unpaired) electrons. The van der Waals surface area contributed by atoms with Crippen molar-refractivity contribution in [2.24, 2.45) is 11.7 Å². The number of rotatable bonds is 3. The number of aromatic nitrogens is 1. The molecule has 1 atom stereocenters. The predicted molar refractivity (Wildman–Crippen MR) is 65.0 cm³/mol. The average molecular weight is 202 g/mol. The van der Waals surface area contributed by atoms with Crippen LogP contribution in [-0.4, -0.2) is 11.5 Å². The molecule has 1 heterocycles. The summed E-state index contributed by atoms with van der Waals surface area (Å²) in [5.74, 6) is 0.558. The first-order valence-corrected chi connectivity index (χ1v) is 5.47. The minimum atomic E-state index is 0.558. The average Bonchev–Trinajstić information content (AvgIpc) is 2.57. The lowest BCUT2D eigenvalue weighted by atomic mass is 10.0. The maximum absolute atomic E-state index is 5.63. The van der Waals surface area contributed by atoms with E-state index in [1.807, 2.05) is 0 Å². The van der Waals surface area contributed by atoms with Crippen molar-refractivity contribution in [1.29, 1.82) is 0 Å². The number of aromatic amines is 1. The Balaban J connectivity index is 2.30. The number of nitrogens with two attached hydrogens (primary N) is 1. The van der Waals surface area contributed by atoms with Gasteiger partial charge >= 0.3 is 0 Å². The van der Waals surface area contributed by atoms with Gasteiger partial charge in [-0.1, -0.05) is 13.0 Å². The molecule has 2 nitrogen and oxygen atoms in total. The van der Waals surface area contributed by atoms with Crippen molar-refractivity contribution in [3.63, 3.8) is 0 Å². The van der Waals surface area contributed by atoms with E-state index in [9.17, 15) is 0 Å². The van der Waals surface area contributed by atoms with Crippen LogP contribution in [-0.2, 0) is 6.42 Å². The van der Waals surface area contributed by atoms with Crippen LogP contribution in [0, 0.1) is 12.8 Å². The number of hydrogen-bond acceptors (Lipinski definition) is 1. The zero-order valence-corrected chi connectivity index (χ0v) is 9.38. The fourth-order valence-electron chi connectivity index (χ4n) is 1.94. The highest BCUT2D eigenvalue weighted by atomic mass is 14.7. The molecule has 0 amide bonds. The number of nitrogens with one attached hydrogen (secondary N) is 1. The zero-order valence-electron chi connectivity index (χ0n) is 9.38. The molecule has 2 rings (SSSR count). The Kier molecular flexibility index (Phi) is 2.78. The molecule has 2 aromatic rings. The molecule has 0 saturated heterocycles. The molecule has 0 aliphatic rings. The molecule has 15 heavy (non-hydrogen) atoms. The summed E-state index contributed by atoms with van der Waals surface area (Å²) >= 11 is 0. The summed E-state index contributed by atoms with van der Waals surface area (Å²) in [7, 11) is 0. The molecule has 80 valence electrons. The molecule has 1 aromatic heterocycles. The molecule has 1 aromatic carbocycles. The van der Waals surface area contributed by atoms with Crippen molar-refractivity contribution >= 4 is 10.9 Å². The fraction of sp³-hybridized carbons (Fsp3) is 0.385. The third-order valence-electron chi connectivity index (χ3n) is 2.81. The van der Waals surface area contributed by atoms with Gasteiger partial charge < -0.3 is 10.7 Å². The quantitative estimate of drug-likeness (QED) is 0.789. The Morgan fingerprint density at radius 2 is 2.13 bits per heavy atom. The molecular weight excluding hydrogens is 184 g/mol. The lowest BCUT2D eigenvalue weighted by Crippen LogP contribution is -2.12. The molecule has 0 aliphatic carbocycles. The van der Waals surface area contributed by atoms with Crippen LogP contribution >= 0.6 is 0 Å². The lowest BCUT2D eigenvalue weighted by molar-refractivity contribution is 0.593. The topological polar surface area (TPSA) is 41.8 Å². The monoisotopic (exact) mass is 202 g/mol. The number of hydrogen-bond donors (Lipinski definition) is 2. The zero-order chi connectivity index (χ0) is 10.8. The van der Waals surface area contributed by atoms with Crippen molar-refractivity contribution in [3.8, 4) is 0 Å². The van der Waals surface area contributed by atoms with E-state index in [0.29, 0.717) is 5.92 Å². The van der Waals surface area contributed by atoms with Gasteiger partial charge in [0.25, 0.3) is 0 Å². The Hall–Kier alpha value is -1.28. The van der Waals surface area contributed by atoms with Gasteiger partial charge in [-0.05, 0) is 55.0 Å². The molecule has 0 saturated carbocycles. The minimum Gasteiger partial charge on any atom is -0.359 e. The summed E-state index contributed by atoms with van der Waals surface area (Å²) in [6.07, 6.45) is 1.07. The number of benzene rings is 1. The predicted octanol–water partition coefficient (Wildman–Crippen LogP) is 2.61. The Bertz CT molecular complexity index is 457. The van der Waals surface area contributed by atoms with E-state index in [0.717, 1.165) is 13.0 Å². The molecule has 0 bridgehead atoms. The molecule has 0 spiro atoms. The van der Waals surface area contributed by atoms with E-state index in [1.54, 1.807) is 0 Å². The first-order valence-electron chi connectivity index (χ1n) is 5.47. The maximum Gasteiger partial charge on any atom is 0.0456 e. The lowest BCUT2D eigenvalue weighted by Gasteiger charge is -2.07. The van der Waals surface area contributed by atoms with Gasteiger partial charge in [-0.25, -0.2) is 0 Å². The van der Waals surface area contributed by atoms with Crippen LogP contribution in [0.25, 0.3) is 10.9 Å². The molecule has 0 fully saturated rings. The third-order valence-corrected chi connectivity index (χ3v) is 2.81. The summed E-state index contributed by atoms with van der Waals surface area (Å²) in [4.78, 5) is 3.33. The normalized spacial score (nSPS) is 13.3. The van der Waals surface area contributed by atoms with E-state index in [-0.39, 0.29) is 0 Å². The molecule has 3 N–H and O–H groups in total. The SMILES string of the molecule is Cc1cc2cc(CC(C)CN)ccc2[nH]1. The Morgan fingerprint density at radius 1 is 1.33 bits per heavy atom. The first-order chi connectivity index (χ1) is 7.19. The molecular formula is C13H18N2. The highest BCUT2D eigenvalue weighted by Gasteiger charge is 2.03. The van der Waals surface area contributed by atoms with Gasteiger partial charge in [0.05, 0.1) is 0 Å². The van der Waals surface area contributed by atoms with Gasteiger partial charge in [0.2, 0.25) is 0 Å². The highest BCUT2D eigenvalue weighted by Crippen LogP contribution is 2.18. The van der Waals surface area contributed by atoms with Gasteiger partial charge in [0.1, 0.15) is 0 Å². The van der Waals surface area contributed by atoms with Crippen molar-refractivity contribution in [2.75, 3.05) is 6.54 Å². The highest BCUT2D eigenvalue weighted by molar-refractivity contribution is 5.81. The number of fused-ring (bicyclic) bond motifs is 1.